The minimum atomic E-state index is -0.392. The molecule has 0 aliphatic heterocycles. The molecule has 3 N–H and O–H groups in total. The number of hydrogen-bond donors (Lipinski definition) is 3. The number of rotatable bonds is 9. The number of nitrogens with zero attached hydrogens (tertiary/aromatic N) is 1. The van der Waals surface area contributed by atoms with Crippen molar-refractivity contribution in [3.05, 3.63) is 29.8 Å². The van der Waals surface area contributed by atoms with E-state index in [2.05, 4.69) is 34.8 Å². The Labute approximate surface area is 179 Å². The van der Waals surface area contributed by atoms with Crippen LogP contribution in [0.3, 0.4) is 0 Å². The number of para-hydroxylation sites is 1. The molecule has 1 unspecified atom stereocenters. The number of halogens is 1. The van der Waals surface area contributed by atoms with E-state index in [1.807, 2.05) is 24.3 Å². The predicted octanol–water partition coefficient (Wildman–Crippen LogP) is 3.14. The molecule has 27 heavy (non-hydrogen) atoms. The highest BCUT2D eigenvalue weighted by Crippen LogP contribution is 2.16. The second-order valence-electron chi connectivity index (χ2n) is 6.31. The number of aliphatic imine (C=N–C) groups is 1. The lowest BCUT2D eigenvalue weighted by molar-refractivity contribution is 0.146. The zero-order valence-corrected chi connectivity index (χ0v) is 19.2. The molecule has 7 nitrogen and oxygen atoms in total. The third-order valence-corrected chi connectivity index (χ3v) is 3.73. The fourth-order valence-electron chi connectivity index (χ4n) is 2.57. The molecular formula is C19H33IN4O3. The van der Waals surface area contributed by atoms with Crippen LogP contribution in [0.4, 0.5) is 4.79 Å². The standard InChI is InChI=1S/C19H32N4O3.HI/c1-6-26-19(24)23-16(11-14(2)3)13-22-18(20-4)21-12-15-9-7-8-10-17(15)25-5;/h7-10,14,16H,6,11-13H2,1-5H3,(H,23,24)(H2,20,21,22);1H. The Morgan fingerprint density at radius 2 is 1.93 bits per heavy atom. The first kappa shape index (κ1) is 25.3. The second kappa shape index (κ2) is 14.4. The number of hydrogen-bond acceptors (Lipinski definition) is 4. The average molecular weight is 492 g/mol. The molecule has 8 heteroatoms. The number of amides is 1. The maximum atomic E-state index is 11.7. The number of guanidine groups is 1. The van der Waals surface area contributed by atoms with Gasteiger partial charge in [0.1, 0.15) is 5.75 Å². The molecule has 0 aromatic heterocycles. The highest BCUT2D eigenvalue weighted by molar-refractivity contribution is 14.0. The third-order valence-electron chi connectivity index (χ3n) is 3.73. The monoisotopic (exact) mass is 492 g/mol. The van der Waals surface area contributed by atoms with Crippen LogP contribution < -0.4 is 20.7 Å². The number of carbonyl (C=O) groups excluding carboxylic acids is 1. The van der Waals surface area contributed by atoms with Crippen molar-refractivity contribution in [1.29, 1.82) is 0 Å². The van der Waals surface area contributed by atoms with Crippen molar-refractivity contribution in [2.45, 2.75) is 39.8 Å². The van der Waals surface area contributed by atoms with Crippen molar-refractivity contribution in [3.63, 3.8) is 0 Å². The van der Waals surface area contributed by atoms with Gasteiger partial charge < -0.3 is 25.4 Å². The minimum absolute atomic E-state index is 0. The Morgan fingerprint density at radius 3 is 2.52 bits per heavy atom. The van der Waals surface area contributed by atoms with Crippen LogP contribution in [0, 0.1) is 5.92 Å². The van der Waals surface area contributed by atoms with Crippen molar-refractivity contribution in [1.82, 2.24) is 16.0 Å². The summed E-state index contributed by atoms with van der Waals surface area (Å²) in [7, 11) is 3.37. The zero-order valence-electron chi connectivity index (χ0n) is 16.9. The molecule has 0 heterocycles. The summed E-state index contributed by atoms with van der Waals surface area (Å²) in [6, 6.07) is 7.79. The highest BCUT2D eigenvalue weighted by Gasteiger charge is 2.15. The largest absolute Gasteiger partial charge is 0.496 e. The zero-order chi connectivity index (χ0) is 19.4. The van der Waals surface area contributed by atoms with Crippen molar-refractivity contribution < 1.29 is 14.3 Å². The van der Waals surface area contributed by atoms with Crippen LogP contribution in [-0.4, -0.2) is 45.4 Å². The first-order valence-corrected chi connectivity index (χ1v) is 8.99. The van der Waals surface area contributed by atoms with E-state index in [0.717, 1.165) is 17.7 Å². The molecule has 0 saturated carbocycles. The molecule has 0 saturated heterocycles. The Kier molecular flexibility index (Phi) is 13.5. The van der Waals surface area contributed by atoms with Crippen molar-refractivity contribution >= 4 is 36.0 Å². The van der Waals surface area contributed by atoms with E-state index in [9.17, 15) is 4.79 Å². The number of ether oxygens (including phenoxy) is 2. The summed E-state index contributed by atoms with van der Waals surface area (Å²) in [5.41, 5.74) is 1.04. The Morgan fingerprint density at radius 1 is 1.22 bits per heavy atom. The lowest BCUT2D eigenvalue weighted by Crippen LogP contribution is -2.47. The van der Waals surface area contributed by atoms with Crippen LogP contribution in [0.5, 0.6) is 5.75 Å². The number of carbonyl (C=O) groups is 1. The smallest absolute Gasteiger partial charge is 0.407 e. The topological polar surface area (TPSA) is 84.0 Å². The van der Waals surface area contributed by atoms with Crippen molar-refractivity contribution in [2.75, 3.05) is 27.3 Å². The van der Waals surface area contributed by atoms with Crippen LogP contribution in [0.2, 0.25) is 0 Å². The molecule has 0 fully saturated rings. The van der Waals surface area contributed by atoms with E-state index < -0.39 is 6.09 Å². The molecule has 0 bridgehead atoms. The molecule has 0 aliphatic carbocycles. The number of alkyl carbamates (subject to hydrolysis) is 1. The molecule has 1 atom stereocenters. The fraction of sp³-hybridized carbons (Fsp3) is 0.579. The van der Waals surface area contributed by atoms with Gasteiger partial charge in [-0.15, -0.1) is 24.0 Å². The SMILES string of the molecule is CCOC(=O)NC(CNC(=NC)NCc1ccccc1OC)CC(C)C.I. The first-order valence-electron chi connectivity index (χ1n) is 8.99. The van der Waals surface area contributed by atoms with E-state index in [1.54, 1.807) is 21.1 Å². The molecular weight excluding hydrogens is 459 g/mol. The van der Waals surface area contributed by atoms with Crippen molar-refractivity contribution in [2.24, 2.45) is 10.9 Å². The normalized spacial score (nSPS) is 12.0. The lowest BCUT2D eigenvalue weighted by Gasteiger charge is -2.22. The van der Waals surface area contributed by atoms with Crippen LogP contribution in [0.25, 0.3) is 0 Å². The summed E-state index contributed by atoms with van der Waals surface area (Å²) in [4.78, 5) is 15.9. The van der Waals surface area contributed by atoms with Crippen LogP contribution in [-0.2, 0) is 11.3 Å². The molecule has 154 valence electrons. The van der Waals surface area contributed by atoms with E-state index in [1.165, 1.54) is 0 Å². The lowest BCUT2D eigenvalue weighted by atomic mass is 10.0. The summed E-state index contributed by atoms with van der Waals surface area (Å²) in [6.45, 7) is 7.53. The van der Waals surface area contributed by atoms with Gasteiger partial charge in [-0.2, -0.15) is 0 Å². The fourth-order valence-corrected chi connectivity index (χ4v) is 2.57. The van der Waals surface area contributed by atoms with Gasteiger partial charge in [-0.05, 0) is 25.3 Å². The summed E-state index contributed by atoms with van der Waals surface area (Å²) in [5, 5.41) is 9.41. The Balaban J connectivity index is 0.00000676. The third kappa shape index (κ3) is 10.3. The Hall–Kier alpha value is -1.71. The molecule has 0 radical (unpaired) electrons. The number of benzene rings is 1. The summed E-state index contributed by atoms with van der Waals surface area (Å²) in [5.74, 6) is 1.94. The quantitative estimate of drug-likeness (QED) is 0.280. The second-order valence-corrected chi connectivity index (χ2v) is 6.31. The van der Waals surface area contributed by atoms with Gasteiger partial charge >= 0.3 is 6.09 Å². The first-order chi connectivity index (χ1) is 12.5. The molecule has 0 spiro atoms. The van der Waals surface area contributed by atoms with E-state index in [4.69, 9.17) is 9.47 Å². The van der Waals surface area contributed by atoms with Crippen LogP contribution in [0.1, 0.15) is 32.8 Å². The van der Waals surface area contributed by atoms with E-state index in [-0.39, 0.29) is 30.0 Å². The van der Waals surface area contributed by atoms with Gasteiger partial charge in [0.15, 0.2) is 5.96 Å². The highest BCUT2D eigenvalue weighted by atomic mass is 127. The maximum absolute atomic E-state index is 11.7. The van der Waals surface area contributed by atoms with Gasteiger partial charge in [0.05, 0.1) is 13.7 Å². The van der Waals surface area contributed by atoms with Crippen LogP contribution >= 0.6 is 24.0 Å². The molecule has 1 aromatic rings. The van der Waals surface area contributed by atoms with Crippen molar-refractivity contribution in [3.8, 4) is 5.75 Å². The van der Waals surface area contributed by atoms with Gasteiger partial charge in [0, 0.05) is 31.7 Å². The maximum Gasteiger partial charge on any atom is 0.407 e. The molecule has 1 aromatic carbocycles. The van der Waals surface area contributed by atoms with E-state index in [0.29, 0.717) is 31.6 Å². The number of methoxy groups -OCH3 is 1. The van der Waals surface area contributed by atoms with Gasteiger partial charge in [-0.3, -0.25) is 4.99 Å². The van der Waals surface area contributed by atoms with E-state index >= 15 is 0 Å². The molecule has 1 rings (SSSR count). The summed E-state index contributed by atoms with van der Waals surface area (Å²) in [6.07, 6.45) is 0.451. The average Bonchev–Trinajstić information content (AvgIpc) is 2.61. The van der Waals surface area contributed by atoms with Gasteiger partial charge in [-0.1, -0.05) is 32.0 Å². The van der Waals surface area contributed by atoms with Crippen LogP contribution in [0.15, 0.2) is 29.3 Å². The van der Waals surface area contributed by atoms with Gasteiger partial charge in [0.2, 0.25) is 0 Å². The molecule has 1 amide bonds. The Bertz CT molecular complexity index is 582. The minimum Gasteiger partial charge on any atom is -0.496 e. The predicted molar refractivity (Wildman–Crippen MR) is 120 cm³/mol. The summed E-state index contributed by atoms with van der Waals surface area (Å²) >= 11 is 0. The van der Waals surface area contributed by atoms with Gasteiger partial charge in [-0.25, -0.2) is 4.79 Å². The van der Waals surface area contributed by atoms with Gasteiger partial charge in [0.25, 0.3) is 0 Å². The summed E-state index contributed by atoms with van der Waals surface area (Å²) < 4.78 is 10.3. The molecule has 0 aliphatic rings. The number of nitrogens with one attached hydrogen (secondary N) is 3.